The van der Waals surface area contributed by atoms with E-state index in [4.69, 9.17) is 24.1 Å². The van der Waals surface area contributed by atoms with Crippen molar-refractivity contribution >= 4 is 44.6 Å². The van der Waals surface area contributed by atoms with Crippen molar-refractivity contribution in [2.75, 3.05) is 9.80 Å². The van der Waals surface area contributed by atoms with Crippen LogP contribution in [0.15, 0.2) is 182 Å². The Morgan fingerprint density at radius 1 is 0.603 bits per heavy atom. The summed E-state index contributed by atoms with van der Waals surface area (Å²) < 4.78 is 93.9. The fraction of sp³-hybridized carbons (Fsp3) is 0.0357. The molecule has 5 heterocycles. The van der Waals surface area contributed by atoms with E-state index in [1.54, 1.807) is 36.4 Å². The molecule has 8 bridgehead atoms. The van der Waals surface area contributed by atoms with E-state index in [1.807, 2.05) is 96.5 Å². The van der Waals surface area contributed by atoms with Crippen molar-refractivity contribution in [3.05, 3.63) is 212 Å². The van der Waals surface area contributed by atoms with Crippen molar-refractivity contribution in [1.82, 2.24) is 9.55 Å². The molecule has 13 rings (SSSR count). The number of rotatable bonds is 1. The normalized spacial score (nSPS) is 15.1. The number of para-hydroxylation sites is 5. The predicted molar refractivity (Wildman–Crippen MR) is 250 cm³/mol. The molecule has 8 aromatic carbocycles. The zero-order valence-corrected chi connectivity index (χ0v) is 35.4. The monoisotopic (exact) mass is 1000 g/mol. The number of hydrogen-bond acceptors (Lipinski definition) is 5. The summed E-state index contributed by atoms with van der Waals surface area (Å²) in [7, 11) is 0. The summed E-state index contributed by atoms with van der Waals surface area (Å²) in [6, 6.07) is 54.7. The Morgan fingerprint density at radius 2 is 1.30 bits per heavy atom. The Kier molecular flexibility index (Phi) is 7.33. The summed E-state index contributed by atoms with van der Waals surface area (Å²) in [6.45, 7) is -3.59. The van der Waals surface area contributed by atoms with Gasteiger partial charge in [0.25, 0.3) is 0 Å². The number of hydrogen-bond donors (Lipinski definition) is 0. The van der Waals surface area contributed by atoms with Gasteiger partial charge in [0.1, 0.15) is 17.3 Å². The summed E-state index contributed by atoms with van der Waals surface area (Å²) in [5.74, 6) is 1.42. The van der Waals surface area contributed by atoms with Gasteiger partial charge in [-0.3, -0.25) is 0 Å². The molecule has 0 saturated carbocycles. The molecule has 0 amide bonds. The maximum atomic E-state index is 9.29. The van der Waals surface area contributed by atoms with Crippen LogP contribution in [0, 0.1) is 32.5 Å². The third-order valence-electron chi connectivity index (χ3n) is 11.3. The summed E-state index contributed by atoms with van der Waals surface area (Å²) in [6.07, 6.45) is 1.44. The number of aromatic nitrogens is 2. The van der Waals surface area contributed by atoms with E-state index in [1.165, 1.54) is 16.8 Å². The molecule has 0 N–H and O–H groups in total. The van der Waals surface area contributed by atoms with Crippen LogP contribution >= 0.6 is 0 Å². The van der Waals surface area contributed by atoms with Gasteiger partial charge in [-0.15, -0.1) is 48.1 Å². The summed E-state index contributed by atoms with van der Waals surface area (Å²) in [5, 5.41) is 0.387. The number of anilines is 4. The zero-order chi connectivity index (χ0) is 48.9. The van der Waals surface area contributed by atoms with Crippen LogP contribution in [0.2, 0.25) is 0 Å². The van der Waals surface area contributed by atoms with Crippen molar-refractivity contribution in [3.8, 4) is 62.2 Å². The van der Waals surface area contributed by atoms with E-state index in [0.717, 1.165) is 39.3 Å². The smallest absolute Gasteiger partial charge is 0.135 e. The fourth-order valence-corrected chi connectivity index (χ4v) is 8.57. The molecule has 6 nitrogen and oxygen atoms in total. The minimum absolute atomic E-state index is 0. The van der Waals surface area contributed by atoms with E-state index < -0.39 is 37.4 Å². The molecule has 7 heteroatoms. The van der Waals surface area contributed by atoms with E-state index in [-0.39, 0.29) is 60.2 Å². The van der Waals surface area contributed by atoms with Crippen molar-refractivity contribution in [2.45, 2.75) is 13.7 Å². The number of aryl methyl sites for hydroxylation is 1. The SMILES string of the molecule is [2H]c1c(C([2H])([2H])[2H])c([2H])c2c3ccc4[c-]c3n(c2c1[2H])-c1cc(C([2H])([2H])[2H])c(cn1)-c1ccccc1Oc1ccccc1-c1cccc(-c2ccccc2)c1N1[CH-]N(c2[c-]c(ccc2)O4)c2ccccc21.[Pt]. The van der Waals surface area contributed by atoms with Crippen molar-refractivity contribution in [2.24, 2.45) is 0 Å². The first-order chi connectivity index (χ1) is 34.2. The van der Waals surface area contributed by atoms with E-state index in [2.05, 4.69) is 47.4 Å². The largest absolute Gasteiger partial charge is 0.509 e. The minimum Gasteiger partial charge on any atom is -0.509 e. The van der Waals surface area contributed by atoms with Gasteiger partial charge in [-0.1, -0.05) is 120 Å². The molecule has 0 atom stereocenters. The average molecular weight is 1000 g/mol. The molecule has 0 saturated heterocycles. The van der Waals surface area contributed by atoms with Crippen LogP contribution in [-0.4, -0.2) is 9.55 Å². The second-order valence-electron chi connectivity index (χ2n) is 15.0. The first-order valence-corrected chi connectivity index (χ1v) is 20.0. The summed E-state index contributed by atoms with van der Waals surface area (Å²) >= 11 is 0. The standard InChI is InChI=1S/C56H37N4O2.Pt/c1-36-26-29-49-47(30-36)43-28-27-41-33-52(43)60(49)55-31-37(2)48(34-57-55)45-19-7-11-25-54(45)62-53-24-10-6-18-44(53)46-21-13-20-42(38-14-4-3-5-15-38)56(46)59-35-58(50-22-8-9-23-51(50)59)39-16-12-17-40(32-39)61-41;/h3-31,34-35H,1-2H3;/q-3;/i1D3,2D3,26D,29D,30D;. The first-order valence-electron chi connectivity index (χ1n) is 24.5. The number of ether oxygens (including phenoxy) is 2. The summed E-state index contributed by atoms with van der Waals surface area (Å²) in [4.78, 5) is 9.07. The quantitative estimate of drug-likeness (QED) is 0.153. The summed E-state index contributed by atoms with van der Waals surface area (Å²) in [5.41, 5.74) is 7.12. The number of nitrogens with zero attached hydrogens (tertiary/aromatic N) is 4. The Labute approximate surface area is 393 Å². The van der Waals surface area contributed by atoms with Gasteiger partial charge >= 0.3 is 0 Å². The molecule has 2 aromatic heterocycles. The van der Waals surface area contributed by atoms with Crippen LogP contribution in [0.3, 0.4) is 0 Å². The molecule has 0 fully saturated rings. The Morgan fingerprint density at radius 3 is 2.11 bits per heavy atom. The van der Waals surface area contributed by atoms with Gasteiger partial charge in [0.2, 0.25) is 0 Å². The molecule has 0 spiro atoms. The number of pyridine rings is 1. The molecule has 0 radical (unpaired) electrons. The first kappa shape index (κ1) is 29.8. The van der Waals surface area contributed by atoms with Gasteiger partial charge in [0.15, 0.2) is 0 Å². The third-order valence-corrected chi connectivity index (χ3v) is 11.3. The van der Waals surface area contributed by atoms with Crippen LogP contribution in [0.1, 0.15) is 23.5 Å². The van der Waals surface area contributed by atoms with Gasteiger partial charge in [0.05, 0.1) is 4.11 Å². The fourth-order valence-electron chi connectivity index (χ4n) is 8.57. The molecule has 0 unspecified atom stereocenters. The molecular formula is C56H37N4O2Pt-3. The number of fused-ring (bicyclic) bond motifs is 5. The third kappa shape index (κ3) is 6.49. The molecule has 0 aliphatic carbocycles. The van der Waals surface area contributed by atoms with Crippen molar-refractivity contribution < 1.29 is 42.9 Å². The predicted octanol–water partition coefficient (Wildman–Crippen LogP) is 14.7. The van der Waals surface area contributed by atoms with Crippen LogP contribution in [-0.2, 0) is 21.1 Å². The molecule has 63 heavy (non-hydrogen) atoms. The Hall–Kier alpha value is -7.40. The van der Waals surface area contributed by atoms with Gasteiger partial charge in [-0.2, -0.15) is 12.1 Å². The van der Waals surface area contributed by atoms with Gasteiger partial charge < -0.3 is 23.8 Å². The van der Waals surface area contributed by atoms with Gasteiger partial charge in [-0.25, -0.2) is 4.98 Å². The number of benzene rings is 8. The zero-order valence-electron chi connectivity index (χ0n) is 42.1. The van der Waals surface area contributed by atoms with E-state index >= 15 is 0 Å². The van der Waals surface area contributed by atoms with Gasteiger partial charge in [-0.05, 0) is 66.6 Å². The van der Waals surface area contributed by atoms with Crippen LogP contribution in [0.5, 0.6) is 23.0 Å². The van der Waals surface area contributed by atoms with Crippen LogP contribution in [0.25, 0.3) is 61.0 Å². The molecule has 3 aliphatic heterocycles. The maximum Gasteiger partial charge on any atom is 0.135 e. The van der Waals surface area contributed by atoms with Crippen molar-refractivity contribution in [1.29, 1.82) is 0 Å². The molecule has 10 aromatic rings. The minimum atomic E-state index is -2.89. The van der Waals surface area contributed by atoms with Gasteiger partial charge in [0, 0.05) is 97.4 Å². The average Bonchev–Trinajstić information content (AvgIpc) is 3.92. The second-order valence-corrected chi connectivity index (χ2v) is 15.0. The van der Waals surface area contributed by atoms with E-state index in [0.29, 0.717) is 33.9 Å². The molecule has 3 aliphatic rings. The Bertz CT molecular complexity index is 3800. The maximum absolute atomic E-state index is 9.29. The van der Waals surface area contributed by atoms with Crippen LogP contribution in [0.4, 0.5) is 22.7 Å². The topological polar surface area (TPSA) is 42.8 Å². The molecule has 306 valence electrons. The second kappa shape index (κ2) is 15.5. The van der Waals surface area contributed by atoms with E-state index in [9.17, 15) is 2.74 Å². The van der Waals surface area contributed by atoms with Crippen molar-refractivity contribution in [3.63, 3.8) is 0 Å². The Balaban J connectivity index is 0.00000560. The van der Waals surface area contributed by atoms with Crippen LogP contribution < -0.4 is 19.3 Å². The molecular weight excluding hydrogens is 956 g/mol.